The number of hydrogen-bond donors (Lipinski definition) is 1. The van der Waals surface area contributed by atoms with Crippen LogP contribution in [0, 0.1) is 17.8 Å². The molecule has 0 aromatic heterocycles. The third kappa shape index (κ3) is 7.37. The number of alkyl halides is 3. The molecule has 0 spiro atoms. The van der Waals surface area contributed by atoms with Gasteiger partial charge in [-0.15, -0.1) is 0 Å². The van der Waals surface area contributed by atoms with Gasteiger partial charge in [-0.25, -0.2) is 4.79 Å². The Balaban J connectivity index is 1.60. The average molecular weight is 512 g/mol. The number of carbonyl (C=O) groups is 2. The fourth-order valence-electron chi connectivity index (χ4n) is 5.35. The summed E-state index contributed by atoms with van der Waals surface area (Å²) in [6.45, 7) is 11.7. The first-order chi connectivity index (χ1) is 16.6. The Labute approximate surface area is 212 Å². The van der Waals surface area contributed by atoms with Gasteiger partial charge in [0, 0.05) is 32.7 Å². The normalized spacial score (nSPS) is 23.4. The van der Waals surface area contributed by atoms with Crippen LogP contribution in [0.25, 0.3) is 0 Å². The maximum Gasteiger partial charge on any atom is 0.416 e. The predicted molar refractivity (Wildman–Crippen MR) is 132 cm³/mol. The van der Waals surface area contributed by atoms with Gasteiger partial charge in [0.15, 0.2) is 0 Å². The lowest BCUT2D eigenvalue weighted by molar-refractivity contribution is -0.137. The van der Waals surface area contributed by atoms with E-state index >= 15 is 0 Å². The lowest BCUT2D eigenvalue weighted by atomic mass is 9.96. The number of nitrogens with one attached hydrogen (secondary N) is 1. The van der Waals surface area contributed by atoms with E-state index in [1.165, 1.54) is 4.90 Å². The van der Waals surface area contributed by atoms with E-state index in [9.17, 15) is 22.8 Å². The van der Waals surface area contributed by atoms with Gasteiger partial charge in [-0.2, -0.15) is 13.2 Å². The fourth-order valence-corrected chi connectivity index (χ4v) is 5.35. The Morgan fingerprint density at radius 2 is 1.75 bits per heavy atom. The van der Waals surface area contributed by atoms with Crippen LogP contribution in [0.5, 0.6) is 0 Å². The third-order valence-corrected chi connectivity index (χ3v) is 7.09. The Kier molecular flexibility index (Phi) is 8.63. The molecule has 2 aliphatic rings. The Hall–Kier alpha value is -2.29. The highest BCUT2D eigenvalue weighted by Crippen LogP contribution is 2.39. The number of benzene rings is 1. The van der Waals surface area contributed by atoms with Crippen molar-refractivity contribution < 1.29 is 27.5 Å². The van der Waals surface area contributed by atoms with Gasteiger partial charge in [-0.3, -0.25) is 14.6 Å². The molecule has 202 valence electrons. The van der Waals surface area contributed by atoms with Crippen molar-refractivity contribution in [3.63, 3.8) is 0 Å². The molecule has 1 saturated carbocycles. The van der Waals surface area contributed by atoms with Crippen molar-refractivity contribution in [1.82, 2.24) is 15.1 Å². The molecular weight excluding hydrogens is 471 g/mol. The molecular formula is C27H40F3N3O3. The number of nitrogens with zero attached hydrogens (tertiary/aromatic N) is 2. The number of likely N-dealkylation sites (tertiary alicyclic amines) is 1. The number of likely N-dealkylation sites (N-methyl/N-ethyl adjacent to an activating group) is 1. The number of amides is 2. The van der Waals surface area contributed by atoms with Crippen molar-refractivity contribution in [1.29, 1.82) is 0 Å². The summed E-state index contributed by atoms with van der Waals surface area (Å²) in [6, 6.07) is 4.74. The number of ether oxygens (including phenoxy) is 1. The van der Waals surface area contributed by atoms with E-state index in [0.717, 1.165) is 43.6 Å². The fraction of sp³-hybridized carbons (Fsp3) is 0.704. The maximum atomic E-state index is 13.4. The van der Waals surface area contributed by atoms with Gasteiger partial charge in [0.2, 0.25) is 5.91 Å². The standard InChI is InChI=1S/C27H40F3N3O3/c1-17(2)13-23(32(6)25(35)36-26(3,4)5)24(34)31-22-12-9-19-15-33(16-21(19)22)14-18-7-10-20(11-8-18)27(28,29)30/h7-8,10-11,17,19,21-23H,9,12-16H2,1-6H3,(H,31,34)/t19-,21+,22+,23?/m1/s1. The lowest BCUT2D eigenvalue weighted by Crippen LogP contribution is -2.52. The minimum absolute atomic E-state index is 0.0156. The molecule has 1 aromatic rings. The molecule has 1 N–H and O–H groups in total. The molecule has 9 heteroatoms. The van der Waals surface area contributed by atoms with Gasteiger partial charge in [-0.1, -0.05) is 26.0 Å². The van der Waals surface area contributed by atoms with E-state index in [0.29, 0.717) is 18.9 Å². The van der Waals surface area contributed by atoms with Crippen molar-refractivity contribution in [2.75, 3.05) is 20.1 Å². The first-order valence-electron chi connectivity index (χ1n) is 12.8. The Morgan fingerprint density at radius 3 is 2.31 bits per heavy atom. The third-order valence-electron chi connectivity index (χ3n) is 7.09. The second kappa shape index (κ2) is 11.0. The van der Waals surface area contributed by atoms with Gasteiger partial charge >= 0.3 is 12.3 Å². The first-order valence-corrected chi connectivity index (χ1v) is 12.8. The number of carbonyl (C=O) groups excluding carboxylic acids is 2. The number of halogens is 3. The molecule has 0 radical (unpaired) electrons. The summed E-state index contributed by atoms with van der Waals surface area (Å²) >= 11 is 0. The lowest BCUT2D eigenvalue weighted by Gasteiger charge is -2.32. The van der Waals surface area contributed by atoms with Gasteiger partial charge < -0.3 is 10.1 Å². The summed E-state index contributed by atoms with van der Waals surface area (Å²) < 4.78 is 44.0. The van der Waals surface area contributed by atoms with Gasteiger partial charge in [-0.05, 0) is 75.5 Å². The molecule has 1 aliphatic carbocycles. The van der Waals surface area contributed by atoms with Gasteiger partial charge in [0.1, 0.15) is 11.6 Å². The van der Waals surface area contributed by atoms with E-state index in [2.05, 4.69) is 10.2 Å². The predicted octanol–water partition coefficient (Wildman–Crippen LogP) is 5.31. The van der Waals surface area contributed by atoms with Gasteiger partial charge in [0.25, 0.3) is 0 Å². The zero-order valence-electron chi connectivity index (χ0n) is 22.2. The smallest absolute Gasteiger partial charge is 0.416 e. The van der Waals surface area contributed by atoms with Crippen molar-refractivity contribution in [3.8, 4) is 0 Å². The molecule has 6 nitrogen and oxygen atoms in total. The molecule has 3 rings (SSSR count). The van der Waals surface area contributed by atoms with Crippen LogP contribution < -0.4 is 5.32 Å². The quantitative estimate of drug-likeness (QED) is 0.539. The first kappa shape index (κ1) is 28.3. The molecule has 1 heterocycles. The van der Waals surface area contributed by atoms with Crippen molar-refractivity contribution in [2.24, 2.45) is 17.8 Å². The Bertz CT molecular complexity index is 912. The number of rotatable bonds is 7. The van der Waals surface area contributed by atoms with E-state index in [1.54, 1.807) is 40.0 Å². The highest BCUT2D eigenvalue weighted by atomic mass is 19.4. The van der Waals surface area contributed by atoms with Gasteiger partial charge in [0.05, 0.1) is 5.56 Å². The molecule has 2 fully saturated rings. The summed E-state index contributed by atoms with van der Waals surface area (Å²) in [5, 5.41) is 3.22. The second-order valence-corrected chi connectivity index (χ2v) is 11.7. The molecule has 1 saturated heterocycles. The van der Waals surface area contributed by atoms with Crippen LogP contribution in [0.4, 0.5) is 18.0 Å². The highest BCUT2D eigenvalue weighted by molar-refractivity contribution is 5.86. The zero-order valence-corrected chi connectivity index (χ0v) is 22.2. The highest BCUT2D eigenvalue weighted by Gasteiger charge is 2.44. The van der Waals surface area contributed by atoms with Crippen LogP contribution in [0.15, 0.2) is 24.3 Å². The Morgan fingerprint density at radius 1 is 1.11 bits per heavy atom. The van der Waals surface area contributed by atoms with E-state index in [4.69, 9.17) is 4.74 Å². The minimum atomic E-state index is -4.33. The summed E-state index contributed by atoms with van der Waals surface area (Å²) in [6.07, 6.45) is -2.44. The largest absolute Gasteiger partial charge is 0.444 e. The molecule has 1 aromatic carbocycles. The molecule has 36 heavy (non-hydrogen) atoms. The average Bonchev–Trinajstić information content (AvgIpc) is 3.31. The molecule has 0 bridgehead atoms. The van der Waals surface area contributed by atoms with Crippen LogP contribution in [0.1, 0.15) is 65.0 Å². The van der Waals surface area contributed by atoms with Crippen LogP contribution >= 0.6 is 0 Å². The molecule has 1 unspecified atom stereocenters. The zero-order chi connectivity index (χ0) is 26.8. The van der Waals surface area contributed by atoms with Crippen molar-refractivity contribution in [2.45, 2.75) is 84.3 Å². The van der Waals surface area contributed by atoms with Crippen molar-refractivity contribution in [3.05, 3.63) is 35.4 Å². The van der Waals surface area contributed by atoms with Crippen molar-refractivity contribution >= 4 is 12.0 Å². The molecule has 4 atom stereocenters. The monoisotopic (exact) mass is 511 g/mol. The SMILES string of the molecule is CC(C)CC(C(=O)N[C@H]1CC[C@@H]2CN(Cc3ccc(C(F)(F)F)cc3)C[C@@H]21)N(C)C(=O)OC(C)(C)C. The molecule has 2 amide bonds. The number of hydrogen-bond acceptors (Lipinski definition) is 4. The van der Waals surface area contributed by atoms with Crippen LogP contribution in [-0.4, -0.2) is 59.6 Å². The second-order valence-electron chi connectivity index (χ2n) is 11.7. The van der Waals surface area contributed by atoms with Crippen LogP contribution in [-0.2, 0) is 22.3 Å². The van der Waals surface area contributed by atoms with E-state index in [-0.39, 0.29) is 23.8 Å². The summed E-state index contributed by atoms with van der Waals surface area (Å²) in [4.78, 5) is 29.7. The summed E-state index contributed by atoms with van der Waals surface area (Å²) in [7, 11) is 1.61. The topological polar surface area (TPSA) is 61.9 Å². The maximum absolute atomic E-state index is 13.4. The van der Waals surface area contributed by atoms with E-state index < -0.39 is 29.5 Å². The minimum Gasteiger partial charge on any atom is -0.444 e. The summed E-state index contributed by atoms with van der Waals surface area (Å²) in [5.74, 6) is 0.781. The van der Waals surface area contributed by atoms with Crippen LogP contribution in [0.2, 0.25) is 0 Å². The number of fused-ring (bicyclic) bond motifs is 1. The molecule has 1 aliphatic heterocycles. The van der Waals surface area contributed by atoms with E-state index in [1.807, 2.05) is 13.8 Å². The summed E-state index contributed by atoms with van der Waals surface area (Å²) in [5.41, 5.74) is -0.442. The van der Waals surface area contributed by atoms with Crippen LogP contribution in [0.3, 0.4) is 0 Å².